The predicted octanol–water partition coefficient (Wildman–Crippen LogP) is 6.81. The molecule has 8 bridgehead atoms. The van der Waals surface area contributed by atoms with Gasteiger partial charge in [-0.25, -0.2) is 9.78 Å². The molecule has 3 aromatic rings. The Morgan fingerprint density at radius 2 is 1.39 bits per heavy atom. The van der Waals surface area contributed by atoms with Gasteiger partial charge in [0.2, 0.25) is 0 Å². The van der Waals surface area contributed by atoms with Crippen LogP contribution in [-0.4, -0.2) is 72.3 Å². The fraction of sp³-hybridized carbons (Fsp3) is 0.333. The summed E-state index contributed by atoms with van der Waals surface area (Å²) in [5.74, 6) is -3.00. The molecule has 280 valence electrons. The number of hydrogen-bond acceptors (Lipinski definition) is 10. The van der Waals surface area contributed by atoms with Crippen molar-refractivity contribution in [3.8, 4) is 0 Å². The number of fused-ring (bicyclic) bond motifs is 11. The lowest BCUT2D eigenvalue weighted by molar-refractivity contribution is -0.149. The Morgan fingerprint density at radius 3 is 2.04 bits per heavy atom. The largest absolute Gasteiger partial charge is 0.469 e. The first-order valence-corrected chi connectivity index (χ1v) is 17.6. The van der Waals surface area contributed by atoms with E-state index in [-0.39, 0.29) is 30.4 Å². The molecule has 6 rings (SSSR count). The lowest BCUT2D eigenvalue weighted by atomic mass is 9.64. The summed E-state index contributed by atoms with van der Waals surface area (Å²) in [5, 5.41) is 0. The molecule has 2 N–H and O–H groups in total. The van der Waals surface area contributed by atoms with Crippen molar-refractivity contribution in [2.24, 2.45) is 5.92 Å². The first kappa shape index (κ1) is 37.7. The number of hydrogen-bond donors (Lipinski definition) is 2. The SMILES string of the molecule is C=Cc1c(C)c2cc3nc(cc4[nH]c(cc5nc(cc1[nH]2)[C@@]1(C)C5=CC=C(C(=O)OC)[C@@H]1C(=O)OC)c(C)c4CCC(=O)OC)C(CCC(=O)OC)=C3C. The first-order valence-electron chi connectivity index (χ1n) is 17.6. The third-order valence-electron chi connectivity index (χ3n) is 10.9. The number of carbonyl (C=O) groups excluding carboxylic acids is 4. The van der Waals surface area contributed by atoms with Crippen molar-refractivity contribution in [1.29, 1.82) is 0 Å². The maximum Gasteiger partial charge on any atom is 0.334 e. The fourth-order valence-corrected chi connectivity index (χ4v) is 7.78. The van der Waals surface area contributed by atoms with Crippen LogP contribution in [0.2, 0.25) is 0 Å². The summed E-state index contributed by atoms with van der Waals surface area (Å²) in [4.78, 5) is 68.9. The number of aromatic nitrogens is 4. The van der Waals surface area contributed by atoms with Gasteiger partial charge in [-0.2, -0.15) is 0 Å². The molecule has 3 aliphatic rings. The minimum Gasteiger partial charge on any atom is -0.469 e. The van der Waals surface area contributed by atoms with Crippen LogP contribution in [0, 0.1) is 19.8 Å². The van der Waals surface area contributed by atoms with Gasteiger partial charge in [-0.1, -0.05) is 24.8 Å². The van der Waals surface area contributed by atoms with Crippen LogP contribution in [0.4, 0.5) is 0 Å². The fourth-order valence-electron chi connectivity index (χ4n) is 7.78. The Kier molecular flexibility index (Phi) is 10.3. The van der Waals surface area contributed by atoms with Crippen molar-refractivity contribution >= 4 is 68.7 Å². The lowest BCUT2D eigenvalue weighted by Crippen LogP contribution is -2.42. The maximum absolute atomic E-state index is 13.7. The van der Waals surface area contributed by atoms with Crippen LogP contribution in [-0.2, 0) is 50.0 Å². The maximum atomic E-state index is 13.7. The smallest absolute Gasteiger partial charge is 0.334 e. The Morgan fingerprint density at radius 1 is 0.759 bits per heavy atom. The summed E-state index contributed by atoms with van der Waals surface area (Å²) < 4.78 is 20.4. The molecule has 0 radical (unpaired) electrons. The molecule has 2 aliphatic heterocycles. The van der Waals surface area contributed by atoms with Crippen LogP contribution in [0.5, 0.6) is 0 Å². The van der Waals surface area contributed by atoms with Crippen LogP contribution in [0.15, 0.2) is 48.6 Å². The van der Waals surface area contributed by atoms with Gasteiger partial charge in [-0.05, 0) is 98.2 Å². The van der Waals surface area contributed by atoms with Crippen molar-refractivity contribution in [1.82, 2.24) is 19.9 Å². The van der Waals surface area contributed by atoms with E-state index >= 15 is 0 Å². The van der Waals surface area contributed by atoms with Crippen LogP contribution in [0.3, 0.4) is 0 Å². The van der Waals surface area contributed by atoms with E-state index in [0.717, 1.165) is 50.0 Å². The molecule has 0 spiro atoms. The molecule has 5 heterocycles. The van der Waals surface area contributed by atoms with Crippen molar-refractivity contribution in [3.05, 3.63) is 93.6 Å². The van der Waals surface area contributed by atoms with Gasteiger partial charge in [0.15, 0.2) is 0 Å². The van der Waals surface area contributed by atoms with Crippen LogP contribution >= 0.6 is 0 Å². The quantitative estimate of drug-likeness (QED) is 0.177. The highest BCUT2D eigenvalue weighted by Crippen LogP contribution is 2.52. The number of H-pyrrole nitrogens is 2. The molecule has 0 saturated carbocycles. The average molecular weight is 733 g/mol. The number of aryl methyl sites for hydroxylation is 3. The summed E-state index contributed by atoms with van der Waals surface area (Å²) in [6.45, 7) is 11.9. The zero-order valence-electron chi connectivity index (χ0n) is 31.8. The van der Waals surface area contributed by atoms with Crippen molar-refractivity contribution in [3.63, 3.8) is 0 Å². The number of rotatable bonds is 9. The van der Waals surface area contributed by atoms with E-state index in [9.17, 15) is 19.2 Å². The third kappa shape index (κ3) is 6.35. The Hall–Kier alpha value is -6.04. The second-order valence-electron chi connectivity index (χ2n) is 13.7. The van der Waals surface area contributed by atoms with Gasteiger partial charge in [-0.15, -0.1) is 0 Å². The molecule has 12 nitrogen and oxygen atoms in total. The normalized spacial score (nSPS) is 17.6. The van der Waals surface area contributed by atoms with Crippen molar-refractivity contribution in [2.45, 2.75) is 58.8 Å². The number of aromatic amines is 2. The van der Waals surface area contributed by atoms with E-state index in [4.69, 9.17) is 28.9 Å². The third-order valence-corrected chi connectivity index (χ3v) is 10.9. The van der Waals surface area contributed by atoms with E-state index in [1.54, 1.807) is 18.2 Å². The number of esters is 4. The average Bonchev–Trinajstić information content (AvgIpc) is 3.82. The monoisotopic (exact) mass is 732 g/mol. The molecular weight excluding hydrogens is 688 g/mol. The van der Waals surface area contributed by atoms with E-state index in [1.807, 2.05) is 52.0 Å². The van der Waals surface area contributed by atoms with Gasteiger partial charge < -0.3 is 28.9 Å². The van der Waals surface area contributed by atoms with E-state index in [2.05, 4.69) is 16.5 Å². The topological polar surface area (TPSA) is 163 Å². The Labute approximate surface area is 313 Å². The molecule has 54 heavy (non-hydrogen) atoms. The Balaban J connectivity index is 1.76. The van der Waals surface area contributed by atoms with E-state index < -0.39 is 23.3 Å². The molecular formula is C42H44N4O8. The highest BCUT2D eigenvalue weighted by Gasteiger charge is 2.53. The molecule has 0 unspecified atom stereocenters. The number of ether oxygens (including phenoxy) is 4. The summed E-state index contributed by atoms with van der Waals surface area (Å²) in [6.07, 6.45) is 6.28. The lowest BCUT2D eigenvalue weighted by Gasteiger charge is -2.36. The number of methoxy groups -OCH3 is 4. The minimum absolute atomic E-state index is 0.149. The summed E-state index contributed by atoms with van der Waals surface area (Å²) >= 11 is 0. The highest BCUT2D eigenvalue weighted by atomic mass is 16.5. The molecule has 12 heteroatoms. The highest BCUT2D eigenvalue weighted by molar-refractivity contribution is 6.02. The van der Waals surface area contributed by atoms with Gasteiger partial charge in [0.1, 0.15) is 5.92 Å². The molecule has 3 aromatic heterocycles. The van der Waals surface area contributed by atoms with Crippen LogP contribution in [0.25, 0.3) is 44.9 Å². The van der Waals surface area contributed by atoms with E-state index in [0.29, 0.717) is 46.7 Å². The number of allylic oxidation sites excluding steroid dienone is 5. The van der Waals surface area contributed by atoms with Gasteiger partial charge in [-0.3, -0.25) is 19.4 Å². The van der Waals surface area contributed by atoms with Crippen LogP contribution < -0.4 is 0 Å². The second kappa shape index (κ2) is 14.8. The molecule has 0 saturated heterocycles. The summed E-state index contributed by atoms with van der Waals surface area (Å²) in [5.41, 5.74) is 10.4. The minimum atomic E-state index is -1.15. The van der Waals surface area contributed by atoms with Gasteiger partial charge >= 0.3 is 23.9 Å². The zero-order valence-corrected chi connectivity index (χ0v) is 31.8. The number of carbonyl (C=O) groups is 4. The van der Waals surface area contributed by atoms with Gasteiger partial charge in [0, 0.05) is 40.5 Å². The van der Waals surface area contributed by atoms with Gasteiger partial charge in [0.05, 0.1) is 62.2 Å². The van der Waals surface area contributed by atoms with Crippen molar-refractivity contribution < 1.29 is 38.1 Å². The van der Waals surface area contributed by atoms with Crippen molar-refractivity contribution in [2.75, 3.05) is 28.4 Å². The zero-order chi connectivity index (χ0) is 39.1. The molecule has 2 atom stereocenters. The Bertz CT molecular complexity index is 2390. The van der Waals surface area contributed by atoms with E-state index in [1.165, 1.54) is 28.4 Å². The number of nitrogens with one attached hydrogen (secondary N) is 2. The molecule has 1 aliphatic carbocycles. The summed E-state index contributed by atoms with van der Waals surface area (Å²) in [6, 6.07) is 7.72. The standard InChI is InChI=1S/C42H44N4O8/c1-10-24-21(2)29-17-30-22(3)25(12-15-37(47)51-6)32(43-30)19-33-26(13-16-38(48)52-7)23(4)31(44-33)18-35-28-14-11-27(40(49)53-8)39(41(50)54-9)42(28,5)36(46-35)20-34(24)45-29/h10-11,14,17-20,39,44-45H,1,12-13,15-16H2,2-9H3/t39-,42-/m1/s1. The molecule has 0 aromatic carbocycles. The van der Waals surface area contributed by atoms with Gasteiger partial charge in [0.25, 0.3) is 0 Å². The second-order valence-corrected chi connectivity index (χ2v) is 13.7. The molecule has 0 fully saturated rings. The summed E-state index contributed by atoms with van der Waals surface area (Å²) in [7, 11) is 5.30. The number of nitrogens with zero attached hydrogens (tertiary/aromatic N) is 2. The van der Waals surface area contributed by atoms with Crippen LogP contribution in [0.1, 0.15) is 78.1 Å². The molecule has 0 amide bonds. The predicted molar refractivity (Wildman–Crippen MR) is 206 cm³/mol. The first-order chi connectivity index (χ1) is 25.8.